The van der Waals surface area contributed by atoms with Crippen molar-refractivity contribution in [1.82, 2.24) is 0 Å². The number of aryl methyl sites for hydroxylation is 2. The Morgan fingerprint density at radius 1 is 0.654 bits per heavy atom. The average molecular weight is 360 g/mol. The molecule has 0 fully saturated rings. The first-order valence-corrected chi connectivity index (χ1v) is 9.04. The maximum absolute atomic E-state index is 10.2. The number of benzene rings is 2. The van der Waals surface area contributed by atoms with Gasteiger partial charge < -0.3 is 24.8 Å². The molecule has 0 spiro atoms. The number of hydrogen-bond donors (Lipinski definition) is 3. The van der Waals surface area contributed by atoms with Crippen molar-refractivity contribution in [1.29, 1.82) is 0 Å². The zero-order valence-electron chi connectivity index (χ0n) is 15.0. The summed E-state index contributed by atoms with van der Waals surface area (Å²) in [6.07, 6.45) is 2.72. The summed E-state index contributed by atoms with van der Waals surface area (Å²) in [6.45, 7) is 0.609. The van der Waals surface area contributed by atoms with Crippen molar-refractivity contribution in [2.45, 2.75) is 31.8 Å². The molecule has 0 unspecified atom stereocenters. The lowest BCUT2D eigenvalue weighted by Gasteiger charge is -2.11. The molecule has 0 radical (unpaired) electrons. The highest BCUT2D eigenvalue weighted by Crippen LogP contribution is 2.17. The number of rotatable bonds is 12. The van der Waals surface area contributed by atoms with Crippen molar-refractivity contribution in [2.24, 2.45) is 0 Å². The van der Waals surface area contributed by atoms with Crippen molar-refractivity contribution >= 4 is 0 Å². The van der Waals surface area contributed by atoms with E-state index in [4.69, 9.17) is 19.7 Å². The highest BCUT2D eigenvalue weighted by molar-refractivity contribution is 5.28. The van der Waals surface area contributed by atoms with Crippen LogP contribution < -0.4 is 9.47 Å². The summed E-state index contributed by atoms with van der Waals surface area (Å²) in [5.41, 5.74) is 2.32. The molecule has 26 heavy (non-hydrogen) atoms. The summed E-state index contributed by atoms with van der Waals surface area (Å²) in [5, 5.41) is 27.7. The molecule has 5 nitrogen and oxygen atoms in total. The first kappa shape index (κ1) is 20.2. The van der Waals surface area contributed by atoms with E-state index in [1.54, 1.807) is 0 Å². The molecule has 5 heteroatoms. The molecule has 0 aliphatic carbocycles. The average Bonchev–Trinajstić information content (AvgIpc) is 2.69. The predicted octanol–water partition coefficient (Wildman–Crippen LogP) is 2.36. The van der Waals surface area contributed by atoms with Gasteiger partial charge in [-0.2, -0.15) is 0 Å². The van der Waals surface area contributed by atoms with Crippen LogP contribution in [0, 0.1) is 0 Å². The van der Waals surface area contributed by atoms with Crippen molar-refractivity contribution in [3.8, 4) is 11.5 Å². The van der Waals surface area contributed by atoms with Crippen LogP contribution in [-0.4, -0.2) is 47.9 Å². The van der Waals surface area contributed by atoms with Gasteiger partial charge in [-0.3, -0.25) is 0 Å². The summed E-state index contributed by atoms with van der Waals surface area (Å²) in [6, 6.07) is 15.5. The second-order valence-electron chi connectivity index (χ2n) is 6.16. The van der Waals surface area contributed by atoms with Crippen LogP contribution in [0.4, 0.5) is 0 Å². The molecule has 0 aliphatic rings. The third kappa shape index (κ3) is 7.44. The zero-order valence-corrected chi connectivity index (χ0v) is 15.0. The minimum Gasteiger partial charge on any atom is -0.491 e. The normalized spacial score (nSPS) is 10.9. The standard InChI is InChI=1S/C21H28O5/c22-13-15-25-20-9-3-17(4-10-20)1-7-19(24)8-2-18-5-11-21(12-6-18)26-16-14-23/h3-6,9-12,19,22-24H,1-2,7-8,13-16H2. The molecule has 0 aromatic heterocycles. The van der Waals surface area contributed by atoms with Crippen LogP contribution in [0.2, 0.25) is 0 Å². The molecule has 2 rings (SSSR count). The maximum Gasteiger partial charge on any atom is 0.119 e. The molecule has 142 valence electrons. The van der Waals surface area contributed by atoms with Gasteiger partial charge in [0, 0.05) is 0 Å². The molecule has 3 N–H and O–H groups in total. The van der Waals surface area contributed by atoms with Gasteiger partial charge in [0.1, 0.15) is 24.7 Å². The van der Waals surface area contributed by atoms with Crippen molar-refractivity contribution in [2.75, 3.05) is 26.4 Å². The van der Waals surface area contributed by atoms with E-state index in [9.17, 15) is 5.11 Å². The second-order valence-corrected chi connectivity index (χ2v) is 6.16. The Labute approximate surface area is 154 Å². The fraction of sp³-hybridized carbons (Fsp3) is 0.429. The molecule has 0 heterocycles. The number of ether oxygens (including phenoxy) is 2. The fourth-order valence-electron chi connectivity index (χ4n) is 2.64. The Bertz CT molecular complexity index is 554. The molecule has 0 saturated heterocycles. The van der Waals surface area contributed by atoms with Crippen molar-refractivity contribution < 1.29 is 24.8 Å². The first-order chi connectivity index (χ1) is 12.7. The van der Waals surface area contributed by atoms with Gasteiger partial charge in [-0.1, -0.05) is 24.3 Å². The molecule has 2 aromatic rings. The van der Waals surface area contributed by atoms with Crippen LogP contribution in [0.1, 0.15) is 24.0 Å². The van der Waals surface area contributed by atoms with Gasteiger partial charge in [0.2, 0.25) is 0 Å². The van der Waals surface area contributed by atoms with Crippen LogP contribution in [0.5, 0.6) is 11.5 Å². The Kier molecular flexibility index (Phi) is 8.96. The quantitative estimate of drug-likeness (QED) is 0.541. The number of aliphatic hydroxyl groups is 3. The molecule has 0 aliphatic heterocycles. The Morgan fingerprint density at radius 2 is 1.04 bits per heavy atom. The summed E-state index contributed by atoms with van der Waals surface area (Å²) < 4.78 is 10.7. The van der Waals surface area contributed by atoms with Gasteiger partial charge in [0.15, 0.2) is 0 Å². The van der Waals surface area contributed by atoms with Gasteiger partial charge >= 0.3 is 0 Å². The fourth-order valence-corrected chi connectivity index (χ4v) is 2.64. The van der Waals surface area contributed by atoms with Crippen LogP contribution in [0.3, 0.4) is 0 Å². The zero-order chi connectivity index (χ0) is 18.6. The number of aliphatic hydroxyl groups excluding tert-OH is 3. The maximum atomic E-state index is 10.2. The van der Waals surface area contributed by atoms with E-state index in [1.165, 1.54) is 0 Å². The monoisotopic (exact) mass is 360 g/mol. The van der Waals surface area contributed by atoms with Crippen LogP contribution in [-0.2, 0) is 12.8 Å². The minimum absolute atomic E-state index is 0.00630. The van der Waals surface area contributed by atoms with Crippen molar-refractivity contribution in [3.63, 3.8) is 0 Å². The summed E-state index contributed by atoms with van der Waals surface area (Å²) in [4.78, 5) is 0. The molecule has 0 saturated carbocycles. The van der Waals surface area contributed by atoms with E-state index in [0.29, 0.717) is 26.1 Å². The Hall–Kier alpha value is -2.08. The van der Waals surface area contributed by atoms with Crippen LogP contribution in [0.25, 0.3) is 0 Å². The summed E-state index contributed by atoms with van der Waals surface area (Å²) in [5.74, 6) is 1.49. The molecule has 0 bridgehead atoms. The van der Waals surface area contributed by atoms with Crippen LogP contribution in [0.15, 0.2) is 48.5 Å². The van der Waals surface area contributed by atoms with E-state index in [0.717, 1.165) is 35.5 Å². The Balaban J connectivity index is 1.69. The predicted molar refractivity (Wildman–Crippen MR) is 101 cm³/mol. The first-order valence-electron chi connectivity index (χ1n) is 9.04. The third-order valence-corrected chi connectivity index (χ3v) is 4.10. The largest absolute Gasteiger partial charge is 0.491 e. The van der Waals surface area contributed by atoms with E-state index in [-0.39, 0.29) is 19.3 Å². The van der Waals surface area contributed by atoms with Gasteiger partial charge in [-0.05, 0) is 61.1 Å². The highest BCUT2D eigenvalue weighted by Gasteiger charge is 2.06. The van der Waals surface area contributed by atoms with Gasteiger partial charge in [0.25, 0.3) is 0 Å². The molecular formula is C21H28O5. The van der Waals surface area contributed by atoms with E-state index >= 15 is 0 Å². The molecule has 2 aromatic carbocycles. The molecule has 0 amide bonds. The summed E-state index contributed by atoms with van der Waals surface area (Å²) in [7, 11) is 0. The lowest BCUT2D eigenvalue weighted by Crippen LogP contribution is -2.09. The highest BCUT2D eigenvalue weighted by atomic mass is 16.5. The third-order valence-electron chi connectivity index (χ3n) is 4.10. The summed E-state index contributed by atoms with van der Waals surface area (Å²) >= 11 is 0. The minimum atomic E-state index is -0.342. The lowest BCUT2D eigenvalue weighted by molar-refractivity contribution is 0.155. The van der Waals surface area contributed by atoms with Gasteiger partial charge in [-0.15, -0.1) is 0 Å². The van der Waals surface area contributed by atoms with Gasteiger partial charge in [-0.25, -0.2) is 0 Å². The smallest absolute Gasteiger partial charge is 0.119 e. The van der Waals surface area contributed by atoms with Crippen LogP contribution >= 0.6 is 0 Å². The number of hydrogen-bond acceptors (Lipinski definition) is 5. The van der Waals surface area contributed by atoms with E-state index < -0.39 is 0 Å². The van der Waals surface area contributed by atoms with E-state index in [1.807, 2.05) is 48.5 Å². The van der Waals surface area contributed by atoms with Gasteiger partial charge in [0.05, 0.1) is 19.3 Å². The second kappa shape index (κ2) is 11.5. The van der Waals surface area contributed by atoms with E-state index in [2.05, 4.69) is 0 Å². The lowest BCUT2D eigenvalue weighted by atomic mass is 10.0. The Morgan fingerprint density at radius 3 is 1.38 bits per heavy atom. The molecule has 0 atom stereocenters. The SMILES string of the molecule is OCCOc1ccc(CCC(O)CCc2ccc(OCCO)cc2)cc1. The molecular weight excluding hydrogens is 332 g/mol. The topological polar surface area (TPSA) is 79.2 Å². The van der Waals surface area contributed by atoms with Crippen molar-refractivity contribution in [3.05, 3.63) is 59.7 Å².